The van der Waals surface area contributed by atoms with Crippen molar-refractivity contribution in [2.24, 2.45) is 5.92 Å². The lowest BCUT2D eigenvalue weighted by Crippen LogP contribution is -2.62. The number of rotatable bonds is 3. The zero-order valence-electron chi connectivity index (χ0n) is 14.6. The number of nitrogens with one attached hydrogen (secondary N) is 2. The third-order valence-corrected chi connectivity index (χ3v) is 6.70. The Bertz CT molecular complexity index is 630. The Balaban J connectivity index is 1.80. The highest BCUT2D eigenvalue weighted by molar-refractivity contribution is 7.88. The highest BCUT2D eigenvalue weighted by atomic mass is 32.2. The quantitative estimate of drug-likeness (QED) is 0.655. The molecule has 1 aliphatic carbocycles. The fourth-order valence-corrected chi connectivity index (χ4v) is 4.90. The molecule has 2 aliphatic heterocycles. The zero-order chi connectivity index (χ0) is 18.1. The molecule has 2 saturated heterocycles. The van der Waals surface area contributed by atoms with Gasteiger partial charge in [-0.05, 0) is 12.8 Å². The zero-order valence-corrected chi connectivity index (χ0v) is 15.4. The first-order valence-corrected chi connectivity index (χ1v) is 10.9. The van der Waals surface area contributed by atoms with Crippen LogP contribution in [0.1, 0.15) is 38.5 Å². The van der Waals surface area contributed by atoms with Crippen LogP contribution in [-0.2, 0) is 24.3 Å². The van der Waals surface area contributed by atoms with E-state index in [1.54, 1.807) is 0 Å². The second-order valence-electron chi connectivity index (χ2n) is 7.30. The number of amides is 2. The van der Waals surface area contributed by atoms with Crippen molar-refractivity contribution in [1.82, 2.24) is 14.9 Å². The van der Waals surface area contributed by atoms with E-state index < -0.39 is 27.4 Å². The van der Waals surface area contributed by atoms with Crippen LogP contribution in [0.2, 0.25) is 0 Å². The first kappa shape index (κ1) is 18.6. The average molecular weight is 373 g/mol. The number of ether oxygens (including phenoxy) is 1. The SMILES string of the molecule is CS(=O)(=O)N1C[C@H](C(=O)NC2CCCCCC2)[C@@]2(C1)OCCNC2=O. The summed E-state index contributed by atoms with van der Waals surface area (Å²) in [6.45, 7) is 0.512. The molecule has 2 amide bonds. The van der Waals surface area contributed by atoms with E-state index in [9.17, 15) is 18.0 Å². The van der Waals surface area contributed by atoms with Crippen molar-refractivity contribution in [2.75, 3.05) is 32.5 Å². The Labute approximate surface area is 148 Å². The van der Waals surface area contributed by atoms with E-state index in [1.807, 2.05) is 0 Å². The molecule has 3 aliphatic rings. The van der Waals surface area contributed by atoms with E-state index in [-0.39, 0.29) is 31.6 Å². The van der Waals surface area contributed by atoms with Crippen molar-refractivity contribution in [3.05, 3.63) is 0 Å². The van der Waals surface area contributed by atoms with Crippen LogP contribution in [0.25, 0.3) is 0 Å². The maximum absolute atomic E-state index is 12.9. The largest absolute Gasteiger partial charge is 0.361 e. The fourth-order valence-electron chi connectivity index (χ4n) is 4.05. The monoisotopic (exact) mass is 373 g/mol. The van der Waals surface area contributed by atoms with Gasteiger partial charge in [-0.1, -0.05) is 25.7 Å². The van der Waals surface area contributed by atoms with E-state index in [0.29, 0.717) is 6.54 Å². The molecule has 2 atom stereocenters. The van der Waals surface area contributed by atoms with Gasteiger partial charge in [0.15, 0.2) is 5.60 Å². The molecular weight excluding hydrogens is 346 g/mol. The van der Waals surface area contributed by atoms with E-state index >= 15 is 0 Å². The van der Waals surface area contributed by atoms with Crippen LogP contribution in [-0.4, -0.2) is 68.7 Å². The lowest BCUT2D eigenvalue weighted by Gasteiger charge is -2.36. The number of hydrogen-bond donors (Lipinski definition) is 2. The van der Waals surface area contributed by atoms with Crippen LogP contribution >= 0.6 is 0 Å². The molecule has 0 aromatic heterocycles. The maximum atomic E-state index is 12.9. The number of hydrogen-bond acceptors (Lipinski definition) is 5. The minimum absolute atomic E-state index is 0.0230. The minimum Gasteiger partial charge on any atom is -0.361 e. The second kappa shape index (κ2) is 7.20. The van der Waals surface area contributed by atoms with Crippen molar-refractivity contribution in [3.63, 3.8) is 0 Å². The summed E-state index contributed by atoms with van der Waals surface area (Å²) in [5.41, 5.74) is -1.42. The summed E-state index contributed by atoms with van der Waals surface area (Å²) in [5.74, 6) is -1.51. The van der Waals surface area contributed by atoms with E-state index in [0.717, 1.165) is 31.9 Å². The summed E-state index contributed by atoms with van der Waals surface area (Å²) in [6.07, 6.45) is 7.44. The van der Waals surface area contributed by atoms with Gasteiger partial charge in [0.2, 0.25) is 15.9 Å². The summed E-state index contributed by atoms with van der Waals surface area (Å²) in [7, 11) is -3.51. The topological polar surface area (TPSA) is 105 Å². The Hall–Kier alpha value is -1.19. The standard InChI is InChI=1S/C16H27N3O5S/c1-25(22,23)19-10-13(16(11-19)15(21)17-8-9-24-16)14(20)18-12-6-4-2-3-5-7-12/h12-13H,2-11H2,1H3,(H,17,21)(H,18,20)/t13-,16-/m1/s1. The molecule has 0 bridgehead atoms. The van der Waals surface area contributed by atoms with Gasteiger partial charge in [0.25, 0.3) is 5.91 Å². The summed E-state index contributed by atoms with van der Waals surface area (Å²) < 4.78 is 30.9. The van der Waals surface area contributed by atoms with Gasteiger partial charge < -0.3 is 15.4 Å². The molecular formula is C16H27N3O5S. The Kier molecular flexibility index (Phi) is 5.36. The molecule has 0 aromatic rings. The number of sulfonamides is 1. The van der Waals surface area contributed by atoms with Gasteiger partial charge in [-0.15, -0.1) is 0 Å². The first-order chi connectivity index (χ1) is 11.8. The molecule has 142 valence electrons. The molecule has 3 fully saturated rings. The highest BCUT2D eigenvalue weighted by Gasteiger charge is 2.59. The first-order valence-electron chi connectivity index (χ1n) is 9.01. The van der Waals surface area contributed by atoms with Crippen LogP contribution < -0.4 is 10.6 Å². The van der Waals surface area contributed by atoms with Gasteiger partial charge in [-0.2, -0.15) is 4.31 Å². The molecule has 1 saturated carbocycles. The van der Waals surface area contributed by atoms with Crippen LogP contribution in [0.15, 0.2) is 0 Å². The molecule has 25 heavy (non-hydrogen) atoms. The number of nitrogens with zero attached hydrogens (tertiary/aromatic N) is 1. The van der Waals surface area contributed by atoms with Gasteiger partial charge >= 0.3 is 0 Å². The fraction of sp³-hybridized carbons (Fsp3) is 0.875. The van der Waals surface area contributed by atoms with Crippen molar-refractivity contribution in [1.29, 1.82) is 0 Å². The molecule has 0 aromatic carbocycles. The van der Waals surface area contributed by atoms with Gasteiger partial charge in [0, 0.05) is 19.1 Å². The smallest absolute Gasteiger partial charge is 0.254 e. The predicted octanol–water partition coefficient (Wildman–Crippen LogP) is -0.398. The predicted molar refractivity (Wildman–Crippen MR) is 91.2 cm³/mol. The van der Waals surface area contributed by atoms with Crippen LogP contribution in [0.5, 0.6) is 0 Å². The summed E-state index contributed by atoms with van der Waals surface area (Å²) in [4.78, 5) is 25.4. The Morgan fingerprint density at radius 2 is 1.96 bits per heavy atom. The van der Waals surface area contributed by atoms with Crippen LogP contribution in [0.4, 0.5) is 0 Å². The van der Waals surface area contributed by atoms with Gasteiger partial charge in [0.1, 0.15) is 0 Å². The molecule has 0 radical (unpaired) electrons. The van der Waals surface area contributed by atoms with Gasteiger partial charge in [-0.3, -0.25) is 9.59 Å². The average Bonchev–Trinajstić information content (AvgIpc) is 2.75. The lowest BCUT2D eigenvalue weighted by atomic mass is 9.87. The van der Waals surface area contributed by atoms with E-state index in [1.165, 1.54) is 17.1 Å². The third kappa shape index (κ3) is 3.83. The highest BCUT2D eigenvalue weighted by Crippen LogP contribution is 2.35. The van der Waals surface area contributed by atoms with Gasteiger partial charge in [-0.25, -0.2) is 8.42 Å². The summed E-state index contributed by atoms with van der Waals surface area (Å²) in [6, 6.07) is 0.0889. The summed E-state index contributed by atoms with van der Waals surface area (Å²) >= 11 is 0. The van der Waals surface area contributed by atoms with Crippen molar-refractivity contribution >= 4 is 21.8 Å². The number of carbonyl (C=O) groups excluding carboxylic acids is 2. The maximum Gasteiger partial charge on any atom is 0.254 e. The van der Waals surface area contributed by atoms with E-state index in [4.69, 9.17) is 4.74 Å². The van der Waals surface area contributed by atoms with Crippen molar-refractivity contribution in [2.45, 2.75) is 50.2 Å². The minimum atomic E-state index is -3.51. The molecule has 1 spiro atoms. The third-order valence-electron chi connectivity index (χ3n) is 5.48. The lowest BCUT2D eigenvalue weighted by molar-refractivity contribution is -0.163. The summed E-state index contributed by atoms with van der Waals surface area (Å²) in [5, 5.41) is 5.76. The number of morpholine rings is 1. The van der Waals surface area contributed by atoms with Crippen molar-refractivity contribution in [3.8, 4) is 0 Å². The molecule has 9 heteroatoms. The molecule has 8 nitrogen and oxygen atoms in total. The van der Waals surface area contributed by atoms with E-state index in [2.05, 4.69) is 10.6 Å². The van der Waals surface area contributed by atoms with Crippen LogP contribution in [0.3, 0.4) is 0 Å². The normalized spacial score (nSPS) is 32.4. The Morgan fingerprint density at radius 1 is 1.28 bits per heavy atom. The molecule has 2 heterocycles. The molecule has 2 N–H and O–H groups in total. The molecule has 3 rings (SSSR count). The van der Waals surface area contributed by atoms with Crippen LogP contribution in [0, 0.1) is 5.92 Å². The number of carbonyl (C=O) groups is 2. The van der Waals surface area contributed by atoms with Gasteiger partial charge in [0.05, 0.1) is 25.3 Å². The Morgan fingerprint density at radius 3 is 2.56 bits per heavy atom. The van der Waals surface area contributed by atoms with Crippen molar-refractivity contribution < 1.29 is 22.7 Å². The second-order valence-corrected chi connectivity index (χ2v) is 9.28. The molecule has 0 unspecified atom stereocenters.